The van der Waals surface area contributed by atoms with Gasteiger partial charge >= 0.3 is 11.9 Å². The second kappa shape index (κ2) is 7.90. The molecule has 4 rings (SSSR count). The van der Waals surface area contributed by atoms with Crippen LogP contribution < -0.4 is 0 Å². The number of rotatable bonds is 6. The molecule has 2 aromatic rings. The van der Waals surface area contributed by atoms with E-state index in [1.807, 2.05) is 6.92 Å². The minimum Gasteiger partial charge on any atom is -0.335 e. The molecular weight excluding hydrogens is 375 g/mol. The zero-order valence-electron chi connectivity index (χ0n) is 15.9. The van der Waals surface area contributed by atoms with Crippen molar-refractivity contribution in [2.24, 2.45) is 5.92 Å². The lowest BCUT2D eigenvalue weighted by Crippen LogP contribution is -2.54. The van der Waals surface area contributed by atoms with Gasteiger partial charge in [-0.25, -0.2) is 9.18 Å². The maximum atomic E-state index is 13.4. The van der Waals surface area contributed by atoms with Gasteiger partial charge in [0.2, 0.25) is 0 Å². The quantitative estimate of drug-likeness (QED) is 0.703. The molecule has 0 radical (unpaired) electrons. The van der Waals surface area contributed by atoms with E-state index in [9.17, 15) is 14.0 Å². The second-order valence-electron chi connectivity index (χ2n) is 6.92. The summed E-state index contributed by atoms with van der Waals surface area (Å²) < 4.78 is 20.2. The van der Waals surface area contributed by atoms with Gasteiger partial charge in [0.05, 0.1) is 6.54 Å². The lowest BCUT2D eigenvalue weighted by molar-refractivity contribution is -0.460. The maximum Gasteiger partial charge on any atom is 0.501 e. The van der Waals surface area contributed by atoms with Crippen molar-refractivity contribution >= 4 is 17.6 Å². The summed E-state index contributed by atoms with van der Waals surface area (Å²) in [7, 11) is 0. The van der Waals surface area contributed by atoms with E-state index in [2.05, 4.69) is 10.1 Å². The van der Waals surface area contributed by atoms with Crippen molar-refractivity contribution in [3.8, 4) is 0 Å². The molecule has 148 valence electrons. The van der Waals surface area contributed by atoms with Crippen LogP contribution in [0.4, 0.5) is 9.18 Å². The van der Waals surface area contributed by atoms with Crippen LogP contribution in [0, 0.1) is 11.7 Å². The smallest absolute Gasteiger partial charge is 0.335 e. The Morgan fingerprint density at radius 2 is 2.14 bits per heavy atom. The van der Waals surface area contributed by atoms with Crippen LogP contribution in [0.2, 0.25) is 0 Å². The Morgan fingerprint density at radius 3 is 2.93 bits per heavy atom. The van der Waals surface area contributed by atoms with Crippen molar-refractivity contribution < 1.29 is 23.1 Å². The summed E-state index contributed by atoms with van der Waals surface area (Å²) >= 11 is 0. The van der Waals surface area contributed by atoms with E-state index in [0.29, 0.717) is 30.9 Å². The summed E-state index contributed by atoms with van der Waals surface area (Å²) in [6.07, 6.45) is 8.12. The molecule has 0 spiro atoms. The number of nitrogens with zero attached hydrogens (tertiary/aromatic N) is 4. The summed E-state index contributed by atoms with van der Waals surface area (Å²) in [5, 5.41) is 3.94. The van der Waals surface area contributed by atoms with Crippen LogP contribution in [0.25, 0.3) is 0 Å². The summed E-state index contributed by atoms with van der Waals surface area (Å²) in [5.74, 6) is -0.396. The topological polar surface area (TPSA) is 79.3 Å². The van der Waals surface area contributed by atoms with Crippen LogP contribution in [0.5, 0.6) is 0 Å². The highest BCUT2D eigenvalue weighted by atomic mass is 19.1. The number of halogens is 1. The molecule has 2 aliphatic rings. The van der Waals surface area contributed by atoms with Crippen molar-refractivity contribution in [2.75, 3.05) is 6.54 Å². The summed E-state index contributed by atoms with van der Waals surface area (Å²) in [5.41, 5.74) is 1.32. The van der Waals surface area contributed by atoms with Gasteiger partial charge in [-0.3, -0.25) is 0 Å². The van der Waals surface area contributed by atoms with Gasteiger partial charge in [0.1, 0.15) is 17.4 Å². The Labute approximate surface area is 166 Å². The monoisotopic (exact) mass is 395 g/mol. The van der Waals surface area contributed by atoms with Gasteiger partial charge in [-0.1, -0.05) is 42.4 Å². The zero-order chi connectivity index (χ0) is 20.4. The molecule has 29 heavy (non-hydrogen) atoms. The molecule has 3 amide bonds. The largest absolute Gasteiger partial charge is 0.501 e. The van der Waals surface area contributed by atoms with Crippen molar-refractivity contribution in [3.05, 3.63) is 71.7 Å². The van der Waals surface area contributed by atoms with E-state index >= 15 is 0 Å². The number of carbonyl (C=O) groups excluding carboxylic acids is 2. The number of carbonyl (C=O) groups is 2. The van der Waals surface area contributed by atoms with Crippen molar-refractivity contribution in [1.29, 1.82) is 0 Å². The van der Waals surface area contributed by atoms with Crippen LogP contribution in [0.15, 0.2) is 53.1 Å². The predicted molar refractivity (Wildman–Crippen MR) is 102 cm³/mol. The molecule has 0 saturated heterocycles. The lowest BCUT2D eigenvalue weighted by atomic mass is 9.94. The number of fused-ring (bicyclic) bond motifs is 1. The molecule has 0 bridgehead atoms. The third-order valence-electron chi connectivity index (χ3n) is 4.81. The predicted octanol–water partition coefficient (Wildman–Crippen LogP) is 2.87. The first-order valence-corrected chi connectivity index (χ1v) is 9.47. The van der Waals surface area contributed by atoms with Crippen molar-refractivity contribution in [1.82, 2.24) is 15.0 Å². The van der Waals surface area contributed by atoms with Crippen molar-refractivity contribution in [3.63, 3.8) is 0 Å². The molecule has 1 aliphatic heterocycles. The standard InChI is InChI=1S/C21H20FN4O3/c1-2-10-25-20(27)16-8-3-4-9-17(16)26(21(25)28)13-19-23-18(24-29-19)12-14-6-5-7-15(22)11-14/h3-9,11,16H,2,10,12-13H2,1H3/q+1. The molecule has 1 aromatic carbocycles. The summed E-state index contributed by atoms with van der Waals surface area (Å²) in [6, 6.07) is 5.79. The molecular formula is C21H20FN4O3+. The highest BCUT2D eigenvalue weighted by Crippen LogP contribution is 2.21. The minimum atomic E-state index is -0.501. The van der Waals surface area contributed by atoms with Gasteiger partial charge in [0.15, 0.2) is 12.4 Å². The van der Waals surface area contributed by atoms with Crippen LogP contribution >= 0.6 is 0 Å². The first kappa shape index (κ1) is 18.9. The van der Waals surface area contributed by atoms with E-state index in [1.165, 1.54) is 21.6 Å². The van der Waals surface area contributed by atoms with E-state index < -0.39 is 11.9 Å². The Balaban J connectivity index is 1.60. The normalized spacial score (nSPS) is 18.6. The van der Waals surface area contributed by atoms with E-state index in [-0.39, 0.29) is 24.2 Å². The van der Waals surface area contributed by atoms with E-state index in [1.54, 1.807) is 36.4 Å². The molecule has 0 N–H and O–H groups in total. The van der Waals surface area contributed by atoms with Gasteiger partial charge in [0, 0.05) is 6.42 Å². The molecule has 0 saturated carbocycles. The Bertz CT molecular complexity index is 1050. The van der Waals surface area contributed by atoms with Crippen LogP contribution in [0.1, 0.15) is 30.6 Å². The first-order valence-electron chi connectivity index (χ1n) is 9.47. The fourth-order valence-electron chi connectivity index (χ4n) is 3.50. The van der Waals surface area contributed by atoms with E-state index in [0.717, 1.165) is 5.56 Å². The number of aromatic nitrogens is 2. The van der Waals surface area contributed by atoms with Crippen LogP contribution in [-0.2, 0) is 17.8 Å². The Hall–Kier alpha value is -3.42. The molecule has 0 fully saturated rings. The van der Waals surface area contributed by atoms with Gasteiger partial charge in [-0.05, 0) is 30.2 Å². The van der Waals surface area contributed by atoms with Crippen LogP contribution in [0.3, 0.4) is 0 Å². The first-order chi connectivity index (χ1) is 14.1. The average Bonchev–Trinajstić information content (AvgIpc) is 3.15. The molecule has 1 unspecified atom stereocenters. The number of hydrogen-bond donors (Lipinski definition) is 0. The number of benzene rings is 1. The van der Waals surface area contributed by atoms with Crippen molar-refractivity contribution in [2.45, 2.75) is 26.3 Å². The molecule has 7 nitrogen and oxygen atoms in total. The highest BCUT2D eigenvalue weighted by molar-refractivity contribution is 6.16. The maximum absolute atomic E-state index is 13.4. The number of hydrogen-bond acceptors (Lipinski definition) is 5. The fourth-order valence-corrected chi connectivity index (χ4v) is 3.50. The zero-order valence-corrected chi connectivity index (χ0v) is 15.9. The number of allylic oxidation sites excluding steroid dienone is 3. The molecule has 2 heterocycles. The summed E-state index contributed by atoms with van der Waals surface area (Å²) in [6.45, 7) is 2.33. The second-order valence-corrected chi connectivity index (χ2v) is 6.92. The highest BCUT2D eigenvalue weighted by Gasteiger charge is 2.46. The third-order valence-corrected chi connectivity index (χ3v) is 4.81. The fraction of sp³-hybridized carbons (Fsp3) is 0.286. The van der Waals surface area contributed by atoms with Gasteiger partial charge in [-0.15, -0.1) is 0 Å². The minimum absolute atomic E-state index is 0.0620. The number of imide groups is 1. The van der Waals surface area contributed by atoms with E-state index in [4.69, 9.17) is 4.52 Å². The summed E-state index contributed by atoms with van der Waals surface area (Å²) in [4.78, 5) is 31.2. The molecule has 1 atom stereocenters. The number of amides is 3. The molecule has 8 heteroatoms. The SMILES string of the molecule is CCCN1C(=O)C2C=CC=CC2=[N+](Cc2nc(Cc3cccc(F)c3)no2)C1=O. The van der Waals surface area contributed by atoms with Gasteiger partial charge in [-0.2, -0.15) is 19.3 Å². The lowest BCUT2D eigenvalue weighted by Gasteiger charge is -2.26. The Morgan fingerprint density at radius 1 is 1.28 bits per heavy atom. The number of urea groups is 1. The molecule has 1 aliphatic carbocycles. The van der Waals surface area contributed by atoms with Gasteiger partial charge < -0.3 is 4.52 Å². The van der Waals surface area contributed by atoms with Crippen LogP contribution in [-0.4, -0.2) is 43.8 Å². The van der Waals surface area contributed by atoms with Gasteiger partial charge in [0.25, 0.3) is 5.89 Å². The Kier molecular flexibility index (Phi) is 5.16. The third kappa shape index (κ3) is 3.78. The average molecular weight is 395 g/mol. The molecule has 1 aromatic heterocycles.